The van der Waals surface area contributed by atoms with Gasteiger partial charge in [0.05, 0.1) is 29.5 Å². The minimum absolute atomic E-state index is 0.0157. The van der Waals surface area contributed by atoms with Gasteiger partial charge in [0.25, 0.3) is 0 Å². The van der Waals surface area contributed by atoms with E-state index in [1.807, 2.05) is 38.1 Å². The van der Waals surface area contributed by atoms with Gasteiger partial charge < -0.3 is 15.4 Å². The molecule has 3 rings (SSSR count). The first-order chi connectivity index (χ1) is 15.3. The van der Waals surface area contributed by atoms with Crippen LogP contribution in [0.2, 0.25) is 0 Å². The molecule has 1 heterocycles. The highest BCUT2D eigenvalue weighted by Gasteiger charge is 2.44. The molecule has 0 radical (unpaired) electrons. The Labute approximate surface area is 190 Å². The third kappa shape index (κ3) is 5.18. The Morgan fingerprint density at radius 3 is 2.25 bits per heavy atom. The van der Waals surface area contributed by atoms with E-state index in [-0.39, 0.29) is 22.3 Å². The number of thioether (sulfide) groups is 1. The van der Waals surface area contributed by atoms with E-state index in [1.54, 1.807) is 24.3 Å². The molecule has 2 N–H and O–H groups in total. The topological polar surface area (TPSA) is 108 Å². The van der Waals surface area contributed by atoms with Gasteiger partial charge in [0.2, 0.25) is 11.8 Å². The molecule has 0 fully saturated rings. The number of carbonyl (C=O) groups is 3. The Morgan fingerprint density at radius 2 is 1.69 bits per heavy atom. The number of nitrogens with one attached hydrogen (secondary N) is 2. The second-order valence-corrected chi connectivity index (χ2v) is 8.42. The number of carbonyl (C=O) groups excluding carboxylic acids is 3. The summed E-state index contributed by atoms with van der Waals surface area (Å²) >= 11 is 1.05. The third-order valence-electron chi connectivity index (χ3n) is 5.10. The maximum Gasteiger partial charge on any atom is 0.319 e. The minimum atomic E-state index is -1.19. The monoisotopic (exact) mass is 449 g/mol. The van der Waals surface area contributed by atoms with Gasteiger partial charge in [0.15, 0.2) is 0 Å². The first kappa shape index (κ1) is 23.1. The summed E-state index contributed by atoms with van der Waals surface area (Å²) in [7, 11) is 1.21. The van der Waals surface area contributed by atoms with Gasteiger partial charge in [0.1, 0.15) is 5.92 Å². The Morgan fingerprint density at radius 1 is 1.09 bits per heavy atom. The van der Waals surface area contributed by atoms with E-state index in [1.165, 1.54) is 7.11 Å². The maximum atomic E-state index is 12.8. The smallest absolute Gasteiger partial charge is 0.319 e. The van der Waals surface area contributed by atoms with Gasteiger partial charge in [-0.3, -0.25) is 14.4 Å². The van der Waals surface area contributed by atoms with Gasteiger partial charge in [-0.1, -0.05) is 59.3 Å². The Balaban J connectivity index is 1.87. The molecule has 7 nitrogen and oxygen atoms in total. The summed E-state index contributed by atoms with van der Waals surface area (Å²) in [5.41, 5.74) is 3.62. The lowest BCUT2D eigenvalue weighted by molar-refractivity contribution is -0.150. The van der Waals surface area contributed by atoms with Crippen LogP contribution in [0.3, 0.4) is 0 Å². The molecule has 2 atom stereocenters. The van der Waals surface area contributed by atoms with Crippen LogP contribution in [0.5, 0.6) is 0 Å². The predicted molar refractivity (Wildman–Crippen MR) is 122 cm³/mol. The van der Waals surface area contributed by atoms with Crippen molar-refractivity contribution in [1.29, 1.82) is 5.26 Å². The largest absolute Gasteiger partial charge is 0.468 e. The van der Waals surface area contributed by atoms with Crippen LogP contribution < -0.4 is 10.6 Å². The van der Waals surface area contributed by atoms with Gasteiger partial charge >= 0.3 is 5.97 Å². The highest BCUT2D eigenvalue weighted by molar-refractivity contribution is 8.03. The lowest BCUT2D eigenvalue weighted by atomic mass is 9.78. The van der Waals surface area contributed by atoms with E-state index in [2.05, 4.69) is 16.7 Å². The molecule has 0 saturated carbocycles. The highest BCUT2D eigenvalue weighted by Crippen LogP contribution is 2.40. The molecule has 0 spiro atoms. The SMILES string of the molecule is COC(=O)[C@@H]1C(=O)NC(SCC(=O)Nc2ccc(C)cc2)=C(C#N)[C@@H]1c1ccc(C)cc1. The number of amides is 2. The molecule has 0 aromatic heterocycles. The van der Waals surface area contributed by atoms with E-state index in [0.29, 0.717) is 11.3 Å². The minimum Gasteiger partial charge on any atom is -0.468 e. The number of esters is 1. The molecule has 1 aliphatic rings. The quantitative estimate of drug-likeness (QED) is 0.517. The second-order valence-electron chi connectivity index (χ2n) is 7.44. The number of hydrogen-bond acceptors (Lipinski definition) is 6. The standard InChI is InChI=1S/C24H23N3O4S/c1-14-4-8-16(9-5-14)20-18(12-25)23(27-22(29)21(20)24(30)31-3)32-13-19(28)26-17-10-6-15(2)7-11-17/h4-11,20-21H,13H2,1-3H3,(H,26,28)(H,27,29)/t20-,21-/m0/s1. The van der Waals surface area contributed by atoms with Crippen LogP contribution in [0, 0.1) is 31.1 Å². The molecule has 2 aromatic rings. The van der Waals surface area contributed by atoms with E-state index >= 15 is 0 Å². The zero-order chi connectivity index (χ0) is 23.3. The van der Waals surface area contributed by atoms with Crippen molar-refractivity contribution in [3.05, 3.63) is 75.8 Å². The number of aryl methyl sites for hydroxylation is 2. The van der Waals surface area contributed by atoms with Crippen molar-refractivity contribution >= 4 is 35.2 Å². The number of rotatable bonds is 6. The van der Waals surface area contributed by atoms with E-state index in [4.69, 9.17) is 4.74 Å². The van der Waals surface area contributed by atoms with Crippen LogP contribution in [-0.4, -0.2) is 30.6 Å². The average molecular weight is 450 g/mol. The van der Waals surface area contributed by atoms with E-state index in [9.17, 15) is 19.6 Å². The number of ether oxygens (including phenoxy) is 1. The van der Waals surface area contributed by atoms with Gasteiger partial charge in [-0.15, -0.1) is 0 Å². The molecular weight excluding hydrogens is 426 g/mol. The lowest BCUT2D eigenvalue weighted by Crippen LogP contribution is -2.44. The first-order valence-electron chi connectivity index (χ1n) is 9.93. The van der Waals surface area contributed by atoms with Crippen molar-refractivity contribution in [2.75, 3.05) is 18.2 Å². The summed E-state index contributed by atoms with van der Waals surface area (Å²) in [5, 5.41) is 15.6. The molecule has 2 amide bonds. The number of nitrogens with zero attached hydrogens (tertiary/aromatic N) is 1. The van der Waals surface area contributed by atoms with Crippen LogP contribution in [0.4, 0.5) is 5.69 Å². The summed E-state index contributed by atoms with van der Waals surface area (Å²) in [6.07, 6.45) is 0. The van der Waals surface area contributed by atoms with Crippen molar-refractivity contribution in [2.24, 2.45) is 5.92 Å². The number of benzene rings is 2. The molecule has 164 valence electrons. The van der Waals surface area contributed by atoms with E-state index in [0.717, 1.165) is 22.9 Å². The molecular formula is C24H23N3O4S. The number of nitriles is 1. The Kier molecular flexibility index (Phi) is 7.33. The molecule has 0 unspecified atom stereocenters. The van der Waals surface area contributed by atoms with Crippen LogP contribution >= 0.6 is 11.8 Å². The molecule has 2 aromatic carbocycles. The zero-order valence-electron chi connectivity index (χ0n) is 18.0. The van der Waals surface area contributed by atoms with Gasteiger partial charge in [0, 0.05) is 11.6 Å². The molecule has 1 aliphatic heterocycles. The Bertz CT molecular complexity index is 1100. The van der Waals surface area contributed by atoms with Gasteiger partial charge in [-0.05, 0) is 31.5 Å². The number of allylic oxidation sites excluding steroid dienone is 1. The summed E-state index contributed by atoms with van der Waals surface area (Å²) in [4.78, 5) is 37.6. The maximum absolute atomic E-state index is 12.8. The fourth-order valence-electron chi connectivity index (χ4n) is 3.43. The number of hydrogen-bond donors (Lipinski definition) is 2. The predicted octanol–water partition coefficient (Wildman–Crippen LogP) is 3.41. The van der Waals surface area contributed by atoms with Crippen molar-refractivity contribution in [3.63, 3.8) is 0 Å². The molecule has 8 heteroatoms. The highest BCUT2D eigenvalue weighted by atomic mass is 32.2. The number of methoxy groups -OCH3 is 1. The summed E-state index contributed by atoms with van der Waals surface area (Å²) < 4.78 is 4.83. The van der Waals surface area contributed by atoms with Gasteiger partial charge in [-0.2, -0.15) is 5.26 Å². The third-order valence-corrected chi connectivity index (χ3v) is 6.12. The fraction of sp³-hybridized carbons (Fsp3) is 0.250. The van der Waals surface area contributed by atoms with Crippen LogP contribution in [0.1, 0.15) is 22.6 Å². The lowest BCUT2D eigenvalue weighted by Gasteiger charge is -2.31. The van der Waals surface area contributed by atoms with Crippen LogP contribution in [-0.2, 0) is 19.1 Å². The van der Waals surface area contributed by atoms with Gasteiger partial charge in [-0.25, -0.2) is 0 Å². The van der Waals surface area contributed by atoms with Crippen molar-refractivity contribution in [1.82, 2.24) is 5.32 Å². The number of anilines is 1. The van der Waals surface area contributed by atoms with Crippen LogP contribution in [0.15, 0.2) is 59.1 Å². The molecule has 0 saturated heterocycles. The molecule has 32 heavy (non-hydrogen) atoms. The van der Waals surface area contributed by atoms with Crippen molar-refractivity contribution in [2.45, 2.75) is 19.8 Å². The second kappa shape index (κ2) is 10.2. The van der Waals surface area contributed by atoms with Crippen molar-refractivity contribution < 1.29 is 19.1 Å². The Hall–Kier alpha value is -3.57. The molecule has 0 aliphatic carbocycles. The zero-order valence-corrected chi connectivity index (χ0v) is 18.8. The van der Waals surface area contributed by atoms with Crippen molar-refractivity contribution in [3.8, 4) is 6.07 Å². The fourth-order valence-corrected chi connectivity index (χ4v) is 4.27. The average Bonchev–Trinajstić information content (AvgIpc) is 2.78. The molecule has 0 bridgehead atoms. The normalized spacial score (nSPS) is 17.9. The van der Waals surface area contributed by atoms with E-state index < -0.39 is 23.7 Å². The first-order valence-corrected chi connectivity index (χ1v) is 10.9. The summed E-state index contributed by atoms with van der Waals surface area (Å²) in [6.45, 7) is 3.87. The van der Waals surface area contributed by atoms with Crippen LogP contribution in [0.25, 0.3) is 0 Å². The summed E-state index contributed by atoms with van der Waals surface area (Å²) in [6, 6.07) is 16.8. The summed E-state index contributed by atoms with van der Waals surface area (Å²) in [5.74, 6) is -3.57.